The van der Waals surface area contributed by atoms with Gasteiger partial charge in [0.1, 0.15) is 5.65 Å². The number of imidazole rings is 1. The van der Waals surface area contributed by atoms with Crippen molar-refractivity contribution in [2.75, 3.05) is 0 Å². The number of nitrogens with zero attached hydrogens (tertiary/aromatic N) is 3. The minimum Gasteiger partial charge on any atom is -0.306 e. The summed E-state index contributed by atoms with van der Waals surface area (Å²) in [4.78, 5) is 32.9. The molecule has 0 fully saturated rings. The molecule has 0 N–H and O–H groups in total. The van der Waals surface area contributed by atoms with Crippen LogP contribution in [0.25, 0.3) is 16.2 Å². The van der Waals surface area contributed by atoms with Gasteiger partial charge in [-0.3, -0.25) is 14.5 Å². The van der Waals surface area contributed by atoms with Crippen LogP contribution in [-0.4, -0.2) is 26.1 Å². The predicted octanol–water partition coefficient (Wildman–Crippen LogP) is 3.86. The number of fused-ring (bicyclic) bond motifs is 2. The number of hydrogen-bond acceptors (Lipinski definition) is 4. The Morgan fingerprint density at radius 3 is 2.35 bits per heavy atom. The van der Waals surface area contributed by atoms with Crippen molar-refractivity contribution >= 4 is 28.8 Å². The summed E-state index contributed by atoms with van der Waals surface area (Å²) in [6.45, 7) is 0.282. The van der Waals surface area contributed by atoms with Crippen molar-refractivity contribution in [2.45, 2.75) is 6.54 Å². The SMILES string of the molecule is O=C1c2ccccc2C(=O)N1Cc1ccc(-c2cn3ccccc3n2)s1. The molecular weight excluding hydrogens is 346 g/mol. The zero-order valence-corrected chi connectivity index (χ0v) is 14.4. The van der Waals surface area contributed by atoms with Gasteiger partial charge in [-0.1, -0.05) is 18.2 Å². The van der Waals surface area contributed by atoms with Gasteiger partial charge in [-0.05, 0) is 36.4 Å². The first-order chi connectivity index (χ1) is 12.7. The van der Waals surface area contributed by atoms with E-state index < -0.39 is 0 Å². The molecular formula is C20H13N3O2S. The van der Waals surface area contributed by atoms with Crippen LogP contribution in [0.3, 0.4) is 0 Å². The summed E-state index contributed by atoms with van der Waals surface area (Å²) in [6, 6.07) is 16.8. The lowest BCUT2D eigenvalue weighted by Gasteiger charge is -2.11. The van der Waals surface area contributed by atoms with Gasteiger partial charge in [0.2, 0.25) is 0 Å². The molecule has 0 saturated carbocycles. The lowest BCUT2D eigenvalue weighted by Crippen LogP contribution is -2.28. The van der Waals surface area contributed by atoms with Crippen molar-refractivity contribution in [3.63, 3.8) is 0 Å². The molecule has 0 atom stereocenters. The van der Waals surface area contributed by atoms with E-state index in [1.165, 1.54) is 4.90 Å². The summed E-state index contributed by atoms with van der Waals surface area (Å²) in [5.74, 6) is -0.457. The number of carbonyl (C=O) groups is 2. The molecule has 0 radical (unpaired) electrons. The van der Waals surface area contributed by atoms with Crippen molar-refractivity contribution in [2.24, 2.45) is 0 Å². The molecule has 6 heteroatoms. The maximum absolute atomic E-state index is 12.5. The molecule has 0 unspecified atom stereocenters. The van der Waals surface area contributed by atoms with Crippen LogP contribution in [0.1, 0.15) is 25.6 Å². The Labute approximate surface area is 153 Å². The summed E-state index contributed by atoms with van der Waals surface area (Å²) in [5.41, 5.74) is 2.73. The summed E-state index contributed by atoms with van der Waals surface area (Å²) in [6.07, 6.45) is 3.94. The fraction of sp³-hybridized carbons (Fsp3) is 0.0500. The Kier molecular flexibility index (Phi) is 3.26. The van der Waals surface area contributed by atoms with Gasteiger partial charge >= 0.3 is 0 Å². The number of carbonyl (C=O) groups excluding carboxylic acids is 2. The maximum atomic E-state index is 12.5. The third-order valence-corrected chi connectivity index (χ3v) is 5.56. The van der Waals surface area contributed by atoms with E-state index in [0.717, 1.165) is 21.1 Å². The highest BCUT2D eigenvalue weighted by atomic mass is 32.1. The molecule has 3 aromatic heterocycles. The zero-order valence-electron chi connectivity index (χ0n) is 13.6. The van der Waals surface area contributed by atoms with Crippen LogP contribution < -0.4 is 0 Å². The van der Waals surface area contributed by atoms with Gasteiger partial charge in [0.15, 0.2) is 0 Å². The van der Waals surface area contributed by atoms with Crippen LogP contribution in [0.15, 0.2) is 67.0 Å². The Morgan fingerprint density at radius 2 is 1.62 bits per heavy atom. The molecule has 126 valence electrons. The molecule has 0 aliphatic carbocycles. The number of imide groups is 1. The third-order valence-electron chi connectivity index (χ3n) is 4.47. The van der Waals surface area contributed by atoms with Crippen molar-refractivity contribution in [3.8, 4) is 10.6 Å². The van der Waals surface area contributed by atoms with Gasteiger partial charge < -0.3 is 4.40 Å². The number of thiophene rings is 1. The van der Waals surface area contributed by atoms with Crippen molar-refractivity contribution in [1.29, 1.82) is 0 Å². The van der Waals surface area contributed by atoms with Crippen LogP contribution in [0.2, 0.25) is 0 Å². The Hall–Kier alpha value is -3.25. The molecule has 5 rings (SSSR count). The average Bonchev–Trinajstić information content (AvgIpc) is 3.36. The van der Waals surface area contributed by atoms with E-state index >= 15 is 0 Å². The molecule has 4 aromatic rings. The summed E-state index contributed by atoms with van der Waals surface area (Å²) in [5, 5.41) is 0. The van der Waals surface area contributed by atoms with E-state index in [2.05, 4.69) is 4.98 Å². The fourth-order valence-corrected chi connectivity index (χ4v) is 4.14. The number of aromatic nitrogens is 2. The molecule has 4 heterocycles. The van der Waals surface area contributed by atoms with Crippen LogP contribution in [0.5, 0.6) is 0 Å². The minimum atomic E-state index is -0.228. The Morgan fingerprint density at radius 1 is 0.885 bits per heavy atom. The molecule has 26 heavy (non-hydrogen) atoms. The molecule has 1 aliphatic rings. The topological polar surface area (TPSA) is 54.7 Å². The van der Waals surface area contributed by atoms with Crippen molar-refractivity contribution in [1.82, 2.24) is 14.3 Å². The van der Waals surface area contributed by atoms with Crippen LogP contribution in [0, 0.1) is 0 Å². The van der Waals surface area contributed by atoms with Crippen LogP contribution >= 0.6 is 11.3 Å². The normalized spacial score (nSPS) is 13.6. The number of rotatable bonds is 3. The molecule has 0 spiro atoms. The van der Waals surface area contributed by atoms with Gasteiger partial charge in [0, 0.05) is 17.3 Å². The fourth-order valence-electron chi connectivity index (χ4n) is 3.19. The van der Waals surface area contributed by atoms with Crippen LogP contribution in [0.4, 0.5) is 0 Å². The first kappa shape index (κ1) is 15.0. The summed E-state index contributed by atoms with van der Waals surface area (Å²) in [7, 11) is 0. The molecule has 0 saturated heterocycles. The summed E-state index contributed by atoms with van der Waals surface area (Å²) < 4.78 is 1.97. The second kappa shape index (κ2) is 5.64. The molecule has 1 aliphatic heterocycles. The quantitative estimate of drug-likeness (QED) is 0.522. The van der Waals surface area contributed by atoms with Gasteiger partial charge in [0.25, 0.3) is 11.8 Å². The smallest absolute Gasteiger partial charge is 0.261 e. The Bertz CT molecular complexity index is 1110. The molecule has 0 bridgehead atoms. The molecule has 1 aromatic carbocycles. The zero-order chi connectivity index (χ0) is 17.7. The Balaban J connectivity index is 1.43. The van der Waals surface area contributed by atoms with E-state index in [9.17, 15) is 9.59 Å². The van der Waals surface area contributed by atoms with Gasteiger partial charge in [-0.15, -0.1) is 11.3 Å². The average molecular weight is 359 g/mol. The second-order valence-electron chi connectivity index (χ2n) is 6.10. The van der Waals surface area contributed by atoms with E-state index in [-0.39, 0.29) is 18.4 Å². The number of hydrogen-bond donors (Lipinski definition) is 0. The highest BCUT2D eigenvalue weighted by Crippen LogP contribution is 2.31. The molecule has 2 amide bonds. The minimum absolute atomic E-state index is 0.228. The van der Waals surface area contributed by atoms with Crippen LogP contribution in [-0.2, 0) is 6.54 Å². The van der Waals surface area contributed by atoms with Crippen molar-refractivity contribution in [3.05, 3.63) is 83.0 Å². The first-order valence-electron chi connectivity index (χ1n) is 8.19. The van der Waals surface area contributed by atoms with E-state index in [1.807, 2.05) is 47.1 Å². The van der Waals surface area contributed by atoms with Gasteiger partial charge in [0.05, 0.1) is 28.2 Å². The predicted molar refractivity (Wildman–Crippen MR) is 99.2 cm³/mol. The highest BCUT2D eigenvalue weighted by Gasteiger charge is 2.35. The maximum Gasteiger partial charge on any atom is 0.261 e. The highest BCUT2D eigenvalue weighted by molar-refractivity contribution is 7.15. The summed E-state index contributed by atoms with van der Waals surface area (Å²) >= 11 is 1.55. The second-order valence-corrected chi connectivity index (χ2v) is 7.27. The van der Waals surface area contributed by atoms with E-state index in [0.29, 0.717) is 11.1 Å². The first-order valence-corrected chi connectivity index (χ1v) is 9.00. The lowest BCUT2D eigenvalue weighted by molar-refractivity contribution is 0.0644. The van der Waals surface area contributed by atoms with Crippen molar-refractivity contribution < 1.29 is 9.59 Å². The van der Waals surface area contributed by atoms with Gasteiger partial charge in [-0.2, -0.15) is 0 Å². The van der Waals surface area contributed by atoms with Gasteiger partial charge in [-0.25, -0.2) is 4.98 Å². The number of amides is 2. The molecule has 5 nitrogen and oxygen atoms in total. The van der Waals surface area contributed by atoms with E-state index in [4.69, 9.17) is 0 Å². The van der Waals surface area contributed by atoms with E-state index in [1.54, 1.807) is 35.6 Å². The standard InChI is InChI=1S/C20H13N3O2S/c24-19-14-5-1-2-6-15(14)20(25)23(19)11-13-8-9-17(26-13)16-12-22-10-4-3-7-18(22)21-16/h1-10,12H,11H2. The monoisotopic (exact) mass is 359 g/mol. The number of pyridine rings is 1. The lowest BCUT2D eigenvalue weighted by atomic mass is 10.1. The largest absolute Gasteiger partial charge is 0.306 e. The number of benzene rings is 1. The third kappa shape index (κ3) is 2.27.